The fourth-order valence-electron chi connectivity index (χ4n) is 1.68. The SMILES string of the molecule is CCCC(N)C(=O)Nc1cc(C(=O)N(C)C)ccc1Cl. The predicted octanol–water partition coefficient (Wildman–Crippen LogP) is 2.11. The van der Waals surface area contributed by atoms with E-state index in [1.165, 1.54) is 4.90 Å². The van der Waals surface area contributed by atoms with E-state index in [0.717, 1.165) is 6.42 Å². The van der Waals surface area contributed by atoms with Gasteiger partial charge >= 0.3 is 0 Å². The summed E-state index contributed by atoms with van der Waals surface area (Å²) in [7, 11) is 3.32. The first-order chi connectivity index (χ1) is 9.36. The van der Waals surface area contributed by atoms with Gasteiger partial charge in [-0.15, -0.1) is 0 Å². The minimum atomic E-state index is -0.579. The molecule has 3 N–H and O–H groups in total. The van der Waals surface area contributed by atoms with E-state index >= 15 is 0 Å². The molecule has 0 fully saturated rings. The van der Waals surface area contributed by atoms with Crippen LogP contribution in [-0.2, 0) is 4.79 Å². The largest absolute Gasteiger partial charge is 0.345 e. The maximum atomic E-state index is 11.9. The lowest BCUT2D eigenvalue weighted by molar-refractivity contribution is -0.117. The maximum absolute atomic E-state index is 11.9. The number of nitrogens with two attached hydrogens (primary N) is 1. The van der Waals surface area contributed by atoms with Gasteiger partial charge in [0.25, 0.3) is 5.91 Å². The molecule has 0 aliphatic rings. The molecule has 6 heteroatoms. The number of anilines is 1. The van der Waals surface area contributed by atoms with Crippen molar-refractivity contribution in [2.24, 2.45) is 5.73 Å². The fraction of sp³-hybridized carbons (Fsp3) is 0.429. The second-order valence-corrected chi connectivity index (χ2v) is 5.19. The molecular weight excluding hydrogens is 278 g/mol. The molecule has 0 aliphatic carbocycles. The van der Waals surface area contributed by atoms with Gasteiger partial charge in [0.1, 0.15) is 0 Å². The first-order valence-corrected chi connectivity index (χ1v) is 6.82. The molecule has 1 atom stereocenters. The number of carbonyl (C=O) groups is 2. The Hall–Kier alpha value is -1.59. The van der Waals surface area contributed by atoms with E-state index in [2.05, 4.69) is 5.32 Å². The lowest BCUT2D eigenvalue weighted by Crippen LogP contribution is -2.35. The molecule has 0 spiro atoms. The van der Waals surface area contributed by atoms with E-state index in [1.807, 2.05) is 6.92 Å². The zero-order valence-electron chi connectivity index (χ0n) is 11.9. The van der Waals surface area contributed by atoms with Crippen LogP contribution in [0.1, 0.15) is 30.1 Å². The van der Waals surface area contributed by atoms with Gasteiger partial charge < -0.3 is 16.0 Å². The van der Waals surface area contributed by atoms with Crippen molar-refractivity contribution in [3.63, 3.8) is 0 Å². The third-order valence-corrected chi connectivity index (χ3v) is 3.14. The molecule has 0 aliphatic heterocycles. The van der Waals surface area contributed by atoms with Crippen LogP contribution in [-0.4, -0.2) is 36.9 Å². The summed E-state index contributed by atoms with van der Waals surface area (Å²) < 4.78 is 0. The van der Waals surface area contributed by atoms with E-state index in [4.69, 9.17) is 17.3 Å². The van der Waals surface area contributed by atoms with Crippen molar-refractivity contribution in [2.75, 3.05) is 19.4 Å². The van der Waals surface area contributed by atoms with Gasteiger partial charge in [0.15, 0.2) is 0 Å². The Morgan fingerprint density at radius 3 is 2.60 bits per heavy atom. The summed E-state index contributed by atoms with van der Waals surface area (Å²) in [6, 6.07) is 4.18. The molecule has 1 aromatic carbocycles. The van der Waals surface area contributed by atoms with Crippen LogP contribution in [0.4, 0.5) is 5.69 Å². The van der Waals surface area contributed by atoms with Crippen LogP contribution in [0, 0.1) is 0 Å². The number of nitrogens with zero attached hydrogens (tertiary/aromatic N) is 1. The van der Waals surface area contributed by atoms with E-state index in [0.29, 0.717) is 22.7 Å². The Bertz CT molecular complexity index is 503. The first kappa shape index (κ1) is 16.5. The predicted molar refractivity (Wildman–Crippen MR) is 81.0 cm³/mol. The van der Waals surface area contributed by atoms with Crippen LogP contribution < -0.4 is 11.1 Å². The van der Waals surface area contributed by atoms with E-state index in [-0.39, 0.29) is 11.8 Å². The molecule has 1 rings (SSSR count). The Morgan fingerprint density at radius 1 is 1.40 bits per heavy atom. The Morgan fingerprint density at radius 2 is 2.05 bits per heavy atom. The van der Waals surface area contributed by atoms with Gasteiger partial charge in [-0.05, 0) is 24.6 Å². The van der Waals surface area contributed by atoms with Crippen molar-refractivity contribution < 1.29 is 9.59 Å². The van der Waals surface area contributed by atoms with Crippen LogP contribution in [0.5, 0.6) is 0 Å². The minimum Gasteiger partial charge on any atom is -0.345 e. The third-order valence-electron chi connectivity index (χ3n) is 2.81. The highest BCUT2D eigenvalue weighted by atomic mass is 35.5. The van der Waals surface area contributed by atoms with Crippen molar-refractivity contribution in [3.8, 4) is 0 Å². The summed E-state index contributed by atoms with van der Waals surface area (Å²) in [4.78, 5) is 25.2. The average molecular weight is 298 g/mol. The normalized spacial score (nSPS) is 11.8. The highest BCUT2D eigenvalue weighted by molar-refractivity contribution is 6.34. The Kier molecular flexibility index (Phi) is 5.98. The van der Waals surface area contributed by atoms with Crippen LogP contribution in [0.2, 0.25) is 5.02 Å². The van der Waals surface area contributed by atoms with Crippen LogP contribution in [0.3, 0.4) is 0 Å². The van der Waals surface area contributed by atoms with Crippen molar-refractivity contribution in [3.05, 3.63) is 28.8 Å². The first-order valence-electron chi connectivity index (χ1n) is 6.44. The topological polar surface area (TPSA) is 75.4 Å². The highest BCUT2D eigenvalue weighted by Gasteiger charge is 2.16. The molecule has 20 heavy (non-hydrogen) atoms. The summed E-state index contributed by atoms with van der Waals surface area (Å²) in [5.74, 6) is -0.460. The van der Waals surface area contributed by atoms with Crippen molar-refractivity contribution in [2.45, 2.75) is 25.8 Å². The Balaban J connectivity index is 2.92. The number of rotatable bonds is 5. The molecule has 5 nitrogen and oxygen atoms in total. The average Bonchev–Trinajstić information content (AvgIpc) is 2.40. The monoisotopic (exact) mass is 297 g/mol. The van der Waals surface area contributed by atoms with Gasteiger partial charge in [0.05, 0.1) is 16.8 Å². The number of halogens is 1. The number of benzene rings is 1. The summed E-state index contributed by atoms with van der Waals surface area (Å²) >= 11 is 6.03. The standard InChI is InChI=1S/C14H20ClN3O2/c1-4-5-11(16)13(19)17-12-8-9(6-7-10(12)15)14(20)18(2)3/h6-8,11H,4-5,16H2,1-3H3,(H,17,19). The van der Waals surface area contributed by atoms with Gasteiger partial charge in [0, 0.05) is 19.7 Å². The summed E-state index contributed by atoms with van der Waals surface area (Å²) in [5.41, 5.74) is 6.60. The molecule has 1 unspecified atom stereocenters. The highest BCUT2D eigenvalue weighted by Crippen LogP contribution is 2.23. The van der Waals surface area contributed by atoms with Crippen LogP contribution in [0.25, 0.3) is 0 Å². The number of amides is 2. The summed E-state index contributed by atoms with van der Waals surface area (Å²) in [5, 5.41) is 3.03. The van der Waals surface area contributed by atoms with E-state index < -0.39 is 6.04 Å². The van der Waals surface area contributed by atoms with Gasteiger partial charge in [-0.3, -0.25) is 9.59 Å². The molecule has 0 bridgehead atoms. The van der Waals surface area contributed by atoms with E-state index in [1.54, 1.807) is 32.3 Å². The zero-order valence-corrected chi connectivity index (χ0v) is 12.7. The van der Waals surface area contributed by atoms with Crippen LogP contribution in [0.15, 0.2) is 18.2 Å². The number of nitrogens with one attached hydrogen (secondary N) is 1. The van der Waals surface area contributed by atoms with Crippen LogP contribution >= 0.6 is 11.6 Å². The van der Waals surface area contributed by atoms with Gasteiger partial charge in [0.2, 0.25) is 5.91 Å². The molecule has 2 amide bonds. The molecular formula is C14H20ClN3O2. The summed E-state index contributed by atoms with van der Waals surface area (Å²) in [6.07, 6.45) is 1.42. The van der Waals surface area contributed by atoms with Crippen molar-refractivity contribution in [1.29, 1.82) is 0 Å². The maximum Gasteiger partial charge on any atom is 0.253 e. The lowest BCUT2D eigenvalue weighted by atomic mass is 10.1. The number of hydrogen-bond acceptors (Lipinski definition) is 3. The lowest BCUT2D eigenvalue weighted by Gasteiger charge is -2.15. The van der Waals surface area contributed by atoms with Crippen molar-refractivity contribution in [1.82, 2.24) is 4.90 Å². The molecule has 110 valence electrons. The molecule has 1 aromatic rings. The van der Waals surface area contributed by atoms with Gasteiger partial charge in [-0.1, -0.05) is 24.9 Å². The van der Waals surface area contributed by atoms with E-state index in [9.17, 15) is 9.59 Å². The number of hydrogen-bond donors (Lipinski definition) is 2. The minimum absolute atomic E-state index is 0.157. The molecule has 0 saturated heterocycles. The third kappa shape index (κ3) is 4.21. The quantitative estimate of drug-likeness (QED) is 0.874. The number of carbonyl (C=O) groups excluding carboxylic acids is 2. The van der Waals surface area contributed by atoms with Gasteiger partial charge in [-0.25, -0.2) is 0 Å². The summed E-state index contributed by atoms with van der Waals surface area (Å²) in [6.45, 7) is 1.95. The van der Waals surface area contributed by atoms with Gasteiger partial charge in [-0.2, -0.15) is 0 Å². The second-order valence-electron chi connectivity index (χ2n) is 4.78. The molecule has 0 aromatic heterocycles. The fourth-order valence-corrected chi connectivity index (χ4v) is 1.84. The molecule has 0 saturated carbocycles. The Labute approximate surface area is 124 Å². The van der Waals surface area contributed by atoms with Crippen molar-refractivity contribution >= 4 is 29.1 Å². The second kappa shape index (κ2) is 7.26. The zero-order chi connectivity index (χ0) is 15.3. The smallest absolute Gasteiger partial charge is 0.253 e. The molecule has 0 heterocycles. The molecule has 0 radical (unpaired) electrons.